The van der Waals surface area contributed by atoms with Crippen LogP contribution in [0.25, 0.3) is 0 Å². The number of hydrogen-bond acceptors (Lipinski definition) is 12. The van der Waals surface area contributed by atoms with Gasteiger partial charge in [0.25, 0.3) is 8.96 Å². The molecule has 0 bridgehead atoms. The van der Waals surface area contributed by atoms with Gasteiger partial charge in [0.1, 0.15) is 23.3 Å². The minimum absolute atomic E-state index is 0.00983. The Balaban J connectivity index is 5.84. The molecule has 247 valence electrons. The molecule has 44 heavy (non-hydrogen) atoms. The molecule has 0 saturated heterocycles. The molecule has 0 aliphatic carbocycles. The zero-order chi connectivity index (χ0) is 34.3. The number of nitrogens with zero attached hydrogens (tertiary/aromatic N) is 1. The average Bonchev–Trinajstić information content (AvgIpc) is 2.87. The summed E-state index contributed by atoms with van der Waals surface area (Å²) in [6, 6.07) is -2.55. The highest BCUT2D eigenvalue weighted by atomic mass is 28.3. The van der Waals surface area contributed by atoms with Crippen molar-refractivity contribution in [2.24, 2.45) is 0 Å². The molecule has 0 aliphatic heterocycles. The van der Waals surface area contributed by atoms with E-state index in [1.54, 1.807) is 60.5 Å². The Hall–Kier alpha value is -3.79. The van der Waals surface area contributed by atoms with Crippen molar-refractivity contribution >= 4 is 62.2 Å². The van der Waals surface area contributed by atoms with Crippen molar-refractivity contribution in [3.8, 4) is 0 Å². The fraction of sp³-hybridized carbons (Fsp3) is 0.679. The summed E-state index contributed by atoms with van der Waals surface area (Å²) in [5.41, 5.74) is -2.51. The van der Waals surface area contributed by atoms with Crippen LogP contribution in [0.3, 0.4) is 0 Å². The van der Waals surface area contributed by atoms with Crippen LogP contribution in [-0.2, 0) is 38.2 Å². The molecule has 16 heteroatoms. The number of carbonyl (C=O) groups excluding carboxylic acids is 7. The minimum Gasteiger partial charge on any atom is -0.458 e. The van der Waals surface area contributed by atoms with Gasteiger partial charge in [-0.1, -0.05) is 0 Å². The molecule has 1 radical (unpaired) electrons. The maximum Gasteiger partial charge on any atom is 0.329 e. The summed E-state index contributed by atoms with van der Waals surface area (Å²) in [5, 5.41) is 19.3. The number of nitrogens with one attached hydrogen (secondary N) is 5. The molecular formula is C28H47N6O9Si. The largest absolute Gasteiger partial charge is 0.458 e. The first kappa shape index (κ1) is 40.2. The summed E-state index contributed by atoms with van der Waals surface area (Å²) in [6.07, 6.45) is 0.128. The van der Waals surface area contributed by atoms with Crippen molar-refractivity contribution in [3.05, 3.63) is 0 Å². The fourth-order valence-corrected chi connectivity index (χ4v) is 5.21. The molecule has 0 saturated carbocycles. The zero-order valence-corrected chi connectivity index (χ0v) is 27.9. The van der Waals surface area contributed by atoms with E-state index in [2.05, 4.69) is 15.6 Å². The third-order valence-corrected chi connectivity index (χ3v) is 7.35. The number of carbonyl (C=O) groups is 7. The van der Waals surface area contributed by atoms with Crippen LogP contribution >= 0.6 is 0 Å². The van der Waals surface area contributed by atoms with Gasteiger partial charge >= 0.3 is 11.9 Å². The molecule has 0 spiro atoms. The Bertz CT molecular complexity index is 1080. The first-order valence-corrected chi connectivity index (χ1v) is 15.8. The van der Waals surface area contributed by atoms with E-state index in [0.717, 1.165) is 0 Å². The Morgan fingerprint density at radius 1 is 0.727 bits per heavy atom. The molecule has 0 rings (SSSR count). The third kappa shape index (κ3) is 18.7. The van der Waals surface area contributed by atoms with Gasteiger partial charge in [-0.3, -0.25) is 24.0 Å². The number of amides is 3. The van der Waals surface area contributed by atoms with Gasteiger partial charge in [-0.05, 0) is 74.5 Å². The minimum atomic E-state index is -2.60. The van der Waals surface area contributed by atoms with Gasteiger partial charge in [-0.15, -0.1) is 0 Å². The van der Waals surface area contributed by atoms with E-state index in [9.17, 15) is 33.6 Å². The lowest BCUT2D eigenvalue weighted by Crippen LogP contribution is -2.55. The molecular weight excluding hydrogens is 592 g/mol. The highest BCUT2D eigenvalue weighted by Gasteiger charge is 2.33. The van der Waals surface area contributed by atoms with Crippen molar-refractivity contribution in [3.63, 3.8) is 0 Å². The average molecular weight is 640 g/mol. The molecule has 0 heterocycles. The van der Waals surface area contributed by atoms with Crippen molar-refractivity contribution in [2.45, 2.75) is 103 Å². The first-order valence-electron chi connectivity index (χ1n) is 14.1. The Kier molecular flexibility index (Phi) is 17.2. The summed E-state index contributed by atoms with van der Waals surface area (Å²) in [7, 11) is 0.750. The number of rotatable bonds is 19. The first-order chi connectivity index (χ1) is 20.2. The summed E-state index contributed by atoms with van der Waals surface area (Å²) in [5.74, 6) is -3.82. The van der Waals surface area contributed by atoms with E-state index in [-0.39, 0.29) is 44.7 Å². The number of likely N-dealkylation sites (N-methyl/N-ethyl adjacent to an activating group) is 1. The normalized spacial score (nSPS) is 12.9. The van der Waals surface area contributed by atoms with E-state index >= 15 is 0 Å². The number of ether oxygens (including phenoxy) is 2. The second-order valence-corrected chi connectivity index (χ2v) is 14.4. The van der Waals surface area contributed by atoms with E-state index in [1.165, 1.54) is 0 Å². The van der Waals surface area contributed by atoms with Crippen LogP contribution in [0.15, 0.2) is 0 Å². The van der Waals surface area contributed by atoms with Gasteiger partial charge < -0.3 is 40.8 Å². The van der Waals surface area contributed by atoms with Gasteiger partial charge in [-0.2, -0.15) is 0 Å². The predicted octanol–water partition coefficient (Wildman–Crippen LogP) is 0.872. The predicted molar refractivity (Wildman–Crippen MR) is 164 cm³/mol. The molecule has 3 amide bonds. The standard InChI is InChI=1S/C28H47N6O9Si/c1-27(2,3)42-24(39)20(31-23(38)17-34(7)8)11-12-22(37)33-44(14-13-19(36)16-30)26(41)32-21(10-9-18(35)15-29)25(40)43-28(4,5)6/h15-16,20-21,29-30H,9-14,17H2,1-8H3,(H,31,38)(H,32,41)(H,33,37)/t20-,21-/m0/s1. The monoisotopic (exact) mass is 639 g/mol. The molecule has 2 atom stereocenters. The number of ketones is 2. The van der Waals surface area contributed by atoms with E-state index in [4.69, 9.17) is 20.3 Å². The van der Waals surface area contributed by atoms with Crippen molar-refractivity contribution in [1.29, 1.82) is 10.8 Å². The molecule has 0 aromatic heterocycles. The van der Waals surface area contributed by atoms with Crippen LogP contribution in [0, 0.1) is 10.8 Å². The van der Waals surface area contributed by atoms with Crippen molar-refractivity contribution < 1.29 is 43.0 Å². The van der Waals surface area contributed by atoms with E-state index < -0.39 is 73.1 Å². The van der Waals surface area contributed by atoms with Crippen LogP contribution < -0.4 is 15.6 Å². The fourth-order valence-electron chi connectivity index (χ4n) is 3.43. The van der Waals surface area contributed by atoms with Crippen LogP contribution in [-0.4, -0.2) is 111 Å². The van der Waals surface area contributed by atoms with Gasteiger partial charge in [0.05, 0.1) is 19.0 Å². The molecule has 0 aliphatic rings. The van der Waals surface area contributed by atoms with Gasteiger partial charge in [0, 0.05) is 19.3 Å². The number of esters is 2. The third-order valence-electron chi connectivity index (χ3n) is 5.33. The summed E-state index contributed by atoms with van der Waals surface area (Å²) >= 11 is 0. The quantitative estimate of drug-likeness (QED) is 0.0761. The molecule has 15 nitrogen and oxygen atoms in total. The topological polar surface area (TPSA) is 225 Å². The Labute approximate surface area is 260 Å². The van der Waals surface area contributed by atoms with E-state index in [1.807, 2.05) is 0 Å². The lowest BCUT2D eigenvalue weighted by molar-refractivity contribution is -0.159. The van der Waals surface area contributed by atoms with E-state index in [0.29, 0.717) is 12.4 Å². The molecule has 0 aromatic rings. The highest BCUT2D eigenvalue weighted by Crippen LogP contribution is 2.13. The highest BCUT2D eigenvalue weighted by molar-refractivity contribution is 6.89. The second kappa shape index (κ2) is 18.8. The van der Waals surface area contributed by atoms with Gasteiger partial charge in [0.2, 0.25) is 17.3 Å². The van der Waals surface area contributed by atoms with Crippen molar-refractivity contribution in [1.82, 2.24) is 20.5 Å². The molecule has 0 aromatic carbocycles. The van der Waals surface area contributed by atoms with Crippen molar-refractivity contribution in [2.75, 3.05) is 20.6 Å². The Morgan fingerprint density at radius 3 is 1.64 bits per heavy atom. The van der Waals surface area contributed by atoms with Crippen LogP contribution in [0.5, 0.6) is 0 Å². The maximum absolute atomic E-state index is 13.3. The van der Waals surface area contributed by atoms with Gasteiger partial charge in [0.15, 0.2) is 11.6 Å². The number of hydrogen-bond donors (Lipinski definition) is 5. The van der Waals surface area contributed by atoms with Crippen LogP contribution in [0.1, 0.15) is 73.6 Å². The molecule has 5 N–H and O–H groups in total. The zero-order valence-electron chi connectivity index (χ0n) is 26.9. The summed E-state index contributed by atoms with van der Waals surface area (Å²) in [6.45, 7) is 9.83. The Morgan fingerprint density at radius 2 is 1.18 bits per heavy atom. The summed E-state index contributed by atoms with van der Waals surface area (Å²) in [4.78, 5) is 91.9. The summed E-state index contributed by atoms with van der Waals surface area (Å²) < 4.78 is 10.7. The number of Topliss-reactive ketones (excluding diaryl/α,β-unsaturated/α-hetero) is 2. The SMILES string of the molecule is CN(C)CC(=O)N[C@@H](CCC(=O)N[Si](CCC(=O)C=N)C(=O)N[C@@H](CCC(=O)C=N)C(=O)OC(C)(C)C)C(=O)OC(C)(C)C. The van der Waals surface area contributed by atoms with Gasteiger partial charge in [-0.25, -0.2) is 9.59 Å². The maximum atomic E-state index is 13.3. The molecule has 0 fully saturated rings. The van der Waals surface area contributed by atoms with Crippen LogP contribution in [0.2, 0.25) is 6.04 Å². The molecule has 0 unspecified atom stereocenters. The lowest BCUT2D eigenvalue weighted by Gasteiger charge is -2.26. The lowest BCUT2D eigenvalue weighted by atomic mass is 10.1. The smallest absolute Gasteiger partial charge is 0.329 e. The second-order valence-electron chi connectivity index (χ2n) is 12.3. The van der Waals surface area contributed by atoms with Crippen LogP contribution in [0.4, 0.5) is 4.79 Å².